The summed E-state index contributed by atoms with van der Waals surface area (Å²) in [7, 11) is 6.61. The van der Waals surface area contributed by atoms with Crippen molar-refractivity contribution in [2.24, 2.45) is 0 Å². The van der Waals surface area contributed by atoms with Crippen molar-refractivity contribution < 1.29 is 46.7 Å². The molecule has 1 saturated carbocycles. The molecule has 4 aliphatic rings. The van der Waals surface area contributed by atoms with Gasteiger partial charge >= 0.3 is 5.82 Å². The molecular formula is C38H65NO11. The van der Waals surface area contributed by atoms with Crippen molar-refractivity contribution in [1.29, 1.82) is 0 Å². The number of rotatable bonds is 9. The van der Waals surface area contributed by atoms with E-state index in [0.29, 0.717) is 36.6 Å². The first kappa shape index (κ1) is 45.5. The van der Waals surface area contributed by atoms with Gasteiger partial charge in [0.15, 0.2) is 11.5 Å². The summed E-state index contributed by atoms with van der Waals surface area (Å²) in [5.74, 6) is 0.532. The van der Waals surface area contributed by atoms with E-state index in [2.05, 4.69) is 27.2 Å². The number of methoxy groups -OCH3 is 4. The Kier molecular flexibility index (Phi) is 23.1. The van der Waals surface area contributed by atoms with Gasteiger partial charge in [-0.1, -0.05) is 64.5 Å². The highest BCUT2D eigenvalue weighted by molar-refractivity contribution is 5.64. The maximum Gasteiger partial charge on any atom is 0.519 e. The van der Waals surface area contributed by atoms with Gasteiger partial charge in [0.05, 0.1) is 32.5 Å². The molecule has 2 saturated heterocycles. The summed E-state index contributed by atoms with van der Waals surface area (Å²) in [6.45, 7) is 18.4. The van der Waals surface area contributed by atoms with Crippen LogP contribution in [-0.4, -0.2) is 97.4 Å². The minimum atomic E-state index is -0.676. The first-order chi connectivity index (χ1) is 23.6. The van der Waals surface area contributed by atoms with Crippen LogP contribution in [0.3, 0.4) is 0 Å². The standard InChI is InChI=1S/C10H10O2.C8H17NO.C7H14O3.C6H8O4.C6H12O.CH4/c1-7-8-5-3-4-6-9(8)10(11-2)12-7;1-2-3-4-9-5-7-10-8-6-9;1-7(2)9-5-6(10-7)4-8-3;1-4-5(3-8-2)10-6(7)9-4;1-7-6-4-2-3-5-6;/h3-6,10H,1H2,2H3;2-8H2,1H3;6H,4-5H2,1-3H3;3H2,1-2H3;6H,2-5H2,1H3;1H4. The molecule has 1 aliphatic carbocycles. The van der Waals surface area contributed by atoms with E-state index in [4.69, 9.17) is 37.9 Å². The van der Waals surface area contributed by atoms with E-state index < -0.39 is 11.6 Å². The molecule has 0 amide bonds. The number of ether oxygens (including phenoxy) is 8. The number of aryl methyl sites for hydroxylation is 1. The molecule has 2 unspecified atom stereocenters. The average Bonchev–Trinajstić information content (AvgIpc) is 3.89. The van der Waals surface area contributed by atoms with E-state index >= 15 is 0 Å². The molecule has 2 atom stereocenters. The van der Waals surface area contributed by atoms with Crippen molar-refractivity contribution in [3.63, 3.8) is 0 Å². The topological polar surface area (TPSA) is 120 Å². The van der Waals surface area contributed by atoms with Gasteiger partial charge in [-0.25, -0.2) is 4.79 Å². The minimum absolute atomic E-state index is 0. The molecule has 0 radical (unpaired) electrons. The third-order valence-electron chi connectivity index (χ3n) is 8.08. The zero-order valence-corrected chi connectivity index (χ0v) is 31.1. The molecule has 2 aromatic rings. The second-order valence-corrected chi connectivity index (χ2v) is 12.4. The lowest BCUT2D eigenvalue weighted by atomic mass is 10.1. The van der Waals surface area contributed by atoms with Crippen LogP contribution < -0.4 is 5.82 Å². The summed E-state index contributed by atoms with van der Waals surface area (Å²) in [6, 6.07) is 7.90. The van der Waals surface area contributed by atoms with Crippen molar-refractivity contribution in [3.8, 4) is 0 Å². The molecule has 50 heavy (non-hydrogen) atoms. The van der Waals surface area contributed by atoms with Gasteiger partial charge in [-0.3, -0.25) is 4.90 Å². The van der Waals surface area contributed by atoms with Crippen LogP contribution >= 0.6 is 0 Å². The first-order valence-corrected chi connectivity index (χ1v) is 17.3. The second-order valence-electron chi connectivity index (χ2n) is 12.4. The van der Waals surface area contributed by atoms with Crippen LogP contribution in [0.1, 0.15) is 95.7 Å². The summed E-state index contributed by atoms with van der Waals surface area (Å²) < 4.78 is 50.4. The van der Waals surface area contributed by atoms with E-state index in [9.17, 15) is 4.79 Å². The van der Waals surface area contributed by atoms with Gasteiger partial charge < -0.3 is 46.7 Å². The zero-order valence-electron chi connectivity index (χ0n) is 31.1. The third-order valence-corrected chi connectivity index (χ3v) is 8.08. The maximum atomic E-state index is 10.4. The van der Waals surface area contributed by atoms with E-state index in [1.807, 2.05) is 38.1 Å². The smallest absolute Gasteiger partial charge is 0.461 e. The largest absolute Gasteiger partial charge is 0.519 e. The van der Waals surface area contributed by atoms with E-state index in [1.165, 1.54) is 52.2 Å². The Morgan fingerprint density at radius 2 is 1.66 bits per heavy atom. The molecule has 1 aromatic carbocycles. The Morgan fingerprint density at radius 1 is 0.980 bits per heavy atom. The van der Waals surface area contributed by atoms with Crippen LogP contribution in [0.25, 0.3) is 5.76 Å². The molecule has 1 aromatic heterocycles. The van der Waals surface area contributed by atoms with Crippen LogP contribution in [0.4, 0.5) is 0 Å². The molecule has 6 rings (SSSR count). The highest BCUT2D eigenvalue weighted by Gasteiger charge is 2.32. The lowest BCUT2D eigenvalue weighted by Gasteiger charge is -2.26. The van der Waals surface area contributed by atoms with Crippen LogP contribution in [0.2, 0.25) is 0 Å². The molecule has 288 valence electrons. The molecule has 12 nitrogen and oxygen atoms in total. The highest BCUT2D eigenvalue weighted by atomic mass is 16.7. The lowest BCUT2D eigenvalue weighted by Crippen LogP contribution is -2.36. The summed E-state index contributed by atoms with van der Waals surface area (Å²) in [4.78, 5) is 12.9. The number of hydrogen-bond donors (Lipinski definition) is 0. The minimum Gasteiger partial charge on any atom is -0.461 e. The van der Waals surface area contributed by atoms with Crippen molar-refractivity contribution in [2.75, 3.05) is 74.5 Å². The predicted molar refractivity (Wildman–Crippen MR) is 194 cm³/mol. The Labute approximate surface area is 300 Å². The fourth-order valence-corrected chi connectivity index (χ4v) is 5.39. The van der Waals surface area contributed by atoms with Crippen molar-refractivity contribution in [2.45, 2.75) is 105 Å². The van der Waals surface area contributed by atoms with Crippen LogP contribution in [-0.2, 0) is 44.5 Å². The van der Waals surface area contributed by atoms with Crippen molar-refractivity contribution in [3.05, 3.63) is 64.1 Å². The van der Waals surface area contributed by atoms with Crippen LogP contribution in [0.5, 0.6) is 0 Å². The molecule has 0 N–H and O–H groups in total. The fraction of sp³-hybridized carbons (Fsp3) is 0.711. The Bertz CT molecular complexity index is 1220. The highest BCUT2D eigenvalue weighted by Crippen LogP contribution is 2.37. The molecule has 3 aliphatic heterocycles. The van der Waals surface area contributed by atoms with Crippen molar-refractivity contribution in [1.82, 2.24) is 4.90 Å². The lowest BCUT2D eigenvalue weighted by molar-refractivity contribution is -0.143. The Hall–Kier alpha value is -2.55. The molecule has 0 spiro atoms. The summed E-state index contributed by atoms with van der Waals surface area (Å²) in [5.41, 5.74) is 2.11. The number of morpholine rings is 1. The average molecular weight is 712 g/mol. The second kappa shape index (κ2) is 25.4. The van der Waals surface area contributed by atoms with Gasteiger partial charge in [-0.2, -0.15) is 0 Å². The number of hydrogen-bond acceptors (Lipinski definition) is 12. The predicted octanol–water partition coefficient (Wildman–Crippen LogP) is 7.13. The summed E-state index contributed by atoms with van der Waals surface area (Å²) >= 11 is 0. The zero-order chi connectivity index (χ0) is 36.1. The van der Waals surface area contributed by atoms with Crippen LogP contribution in [0, 0.1) is 6.92 Å². The third kappa shape index (κ3) is 17.1. The van der Waals surface area contributed by atoms with E-state index in [0.717, 1.165) is 37.4 Å². The van der Waals surface area contributed by atoms with Gasteiger partial charge in [-0.15, -0.1) is 0 Å². The summed E-state index contributed by atoms with van der Waals surface area (Å²) in [6.07, 6.45) is 8.40. The SMILES string of the molecule is C.C=C1OC(OC)c2ccccc21.CCCCN1CCOCC1.COC1CCCC1.COCC1COC(C)(C)O1.COCc1oc(=O)oc1C. The number of fused-ring (bicyclic) bond motifs is 1. The van der Waals surface area contributed by atoms with Crippen molar-refractivity contribution >= 4 is 5.76 Å². The number of nitrogens with zero attached hydrogens (tertiary/aromatic N) is 1. The maximum absolute atomic E-state index is 10.4. The van der Waals surface area contributed by atoms with Gasteiger partial charge in [0.1, 0.15) is 24.2 Å². The monoisotopic (exact) mass is 711 g/mol. The van der Waals surface area contributed by atoms with Crippen LogP contribution in [0.15, 0.2) is 44.5 Å². The molecule has 3 fully saturated rings. The molecular weight excluding hydrogens is 646 g/mol. The normalized spacial score (nSPS) is 20.7. The fourth-order valence-electron chi connectivity index (χ4n) is 5.39. The molecule has 0 bridgehead atoms. The quantitative estimate of drug-likeness (QED) is 0.263. The van der Waals surface area contributed by atoms with Gasteiger partial charge in [0.2, 0.25) is 6.29 Å². The molecule has 12 heteroatoms. The number of benzene rings is 1. The Morgan fingerprint density at radius 3 is 2.16 bits per heavy atom. The van der Waals surface area contributed by atoms with Gasteiger partial charge in [0, 0.05) is 52.7 Å². The van der Waals surface area contributed by atoms with E-state index in [1.54, 1.807) is 28.3 Å². The Balaban J connectivity index is 0.000000314. The van der Waals surface area contributed by atoms with Gasteiger partial charge in [-0.05, 0) is 46.6 Å². The summed E-state index contributed by atoms with van der Waals surface area (Å²) in [5, 5.41) is 0. The van der Waals surface area contributed by atoms with Gasteiger partial charge in [0.25, 0.3) is 0 Å². The van der Waals surface area contributed by atoms with E-state index in [-0.39, 0.29) is 26.4 Å². The molecule has 4 heterocycles. The number of unbranched alkanes of at least 4 members (excludes halogenated alkanes) is 1. The first-order valence-electron chi connectivity index (χ1n) is 17.3.